The van der Waals surface area contributed by atoms with E-state index in [0.717, 1.165) is 18.5 Å². The van der Waals surface area contributed by atoms with Gasteiger partial charge in [-0.1, -0.05) is 19.8 Å². The van der Waals surface area contributed by atoms with Gasteiger partial charge < -0.3 is 10.2 Å². The molecule has 0 spiro atoms. The van der Waals surface area contributed by atoms with Crippen LogP contribution in [0.25, 0.3) is 0 Å². The summed E-state index contributed by atoms with van der Waals surface area (Å²) in [6.07, 6.45) is 9.52. The summed E-state index contributed by atoms with van der Waals surface area (Å²) in [7, 11) is 0. The Hall–Kier alpha value is -1.99. The lowest BCUT2D eigenvalue weighted by atomic mass is 9.86. The maximum Gasteiger partial charge on any atom is 0.414 e. The number of carboxylic acids is 2. The van der Waals surface area contributed by atoms with Crippen molar-refractivity contribution in [3.05, 3.63) is 30.1 Å². The van der Waals surface area contributed by atoms with E-state index in [1.54, 1.807) is 0 Å². The van der Waals surface area contributed by atoms with Crippen molar-refractivity contribution in [2.24, 2.45) is 5.92 Å². The molecule has 144 valence electrons. The van der Waals surface area contributed by atoms with Gasteiger partial charge >= 0.3 is 11.9 Å². The van der Waals surface area contributed by atoms with Crippen molar-refractivity contribution in [2.75, 3.05) is 26.2 Å². The van der Waals surface area contributed by atoms with Crippen LogP contribution in [0.5, 0.6) is 0 Å². The standard InChI is InChI=1S/C17H27N3.C2H2O4/c1-15-3-2-4-17(13-15)20-11-9-19(10-12-20)14-16-5-7-18-8-6-16;3-1(4)2(5)6/h5-8,15,17H,2-4,9-14H2,1H3;(H,3,4)(H,5,6). The minimum Gasteiger partial charge on any atom is -0.473 e. The highest BCUT2D eigenvalue weighted by Crippen LogP contribution is 2.28. The van der Waals surface area contributed by atoms with Gasteiger partial charge in [-0.05, 0) is 36.5 Å². The number of hydrogen-bond acceptors (Lipinski definition) is 5. The predicted molar refractivity (Wildman–Crippen MR) is 97.8 cm³/mol. The number of nitrogens with zero attached hydrogens (tertiary/aromatic N) is 3. The van der Waals surface area contributed by atoms with Gasteiger partial charge in [0.1, 0.15) is 0 Å². The molecular weight excluding hydrogens is 334 g/mol. The van der Waals surface area contributed by atoms with Crippen LogP contribution >= 0.6 is 0 Å². The fourth-order valence-electron chi connectivity index (χ4n) is 3.77. The van der Waals surface area contributed by atoms with Crippen molar-refractivity contribution in [3.63, 3.8) is 0 Å². The second kappa shape index (κ2) is 10.2. The Morgan fingerprint density at radius 2 is 1.69 bits per heavy atom. The zero-order chi connectivity index (χ0) is 18.9. The zero-order valence-corrected chi connectivity index (χ0v) is 15.4. The summed E-state index contributed by atoms with van der Waals surface area (Å²) in [4.78, 5) is 27.6. The van der Waals surface area contributed by atoms with E-state index in [1.807, 2.05) is 12.4 Å². The van der Waals surface area contributed by atoms with Crippen LogP contribution in [0.3, 0.4) is 0 Å². The summed E-state index contributed by atoms with van der Waals surface area (Å²) in [5, 5.41) is 14.8. The summed E-state index contributed by atoms with van der Waals surface area (Å²) in [5.41, 5.74) is 1.39. The van der Waals surface area contributed by atoms with Crippen LogP contribution in [-0.2, 0) is 16.1 Å². The first-order valence-corrected chi connectivity index (χ1v) is 9.27. The Morgan fingerprint density at radius 3 is 2.23 bits per heavy atom. The average Bonchev–Trinajstić information content (AvgIpc) is 2.64. The predicted octanol–water partition coefficient (Wildman–Crippen LogP) is 1.93. The first kappa shape index (κ1) is 20.3. The lowest BCUT2D eigenvalue weighted by Gasteiger charge is -2.42. The molecule has 2 fully saturated rings. The SMILES string of the molecule is CC1CCCC(N2CCN(Cc3ccncc3)CC2)C1.O=C(O)C(=O)O. The second-order valence-corrected chi connectivity index (χ2v) is 7.20. The van der Waals surface area contributed by atoms with Gasteiger partial charge in [0.15, 0.2) is 0 Å². The molecule has 2 N–H and O–H groups in total. The molecule has 2 unspecified atom stereocenters. The molecule has 0 amide bonds. The van der Waals surface area contributed by atoms with Gasteiger partial charge in [-0.2, -0.15) is 0 Å². The van der Waals surface area contributed by atoms with Crippen LogP contribution < -0.4 is 0 Å². The number of pyridine rings is 1. The first-order chi connectivity index (χ1) is 12.5. The van der Waals surface area contributed by atoms with E-state index in [1.165, 1.54) is 57.4 Å². The fourth-order valence-corrected chi connectivity index (χ4v) is 3.77. The highest BCUT2D eigenvalue weighted by atomic mass is 16.4. The molecule has 1 aliphatic carbocycles. The van der Waals surface area contributed by atoms with Crippen molar-refractivity contribution in [3.8, 4) is 0 Å². The van der Waals surface area contributed by atoms with Crippen molar-refractivity contribution in [2.45, 2.75) is 45.2 Å². The van der Waals surface area contributed by atoms with Crippen LogP contribution in [0.1, 0.15) is 38.2 Å². The van der Waals surface area contributed by atoms with E-state index in [4.69, 9.17) is 19.8 Å². The molecule has 1 saturated carbocycles. The zero-order valence-electron chi connectivity index (χ0n) is 15.4. The third-order valence-electron chi connectivity index (χ3n) is 5.17. The topological polar surface area (TPSA) is 94.0 Å². The van der Waals surface area contributed by atoms with Crippen molar-refractivity contribution < 1.29 is 19.8 Å². The summed E-state index contributed by atoms with van der Waals surface area (Å²) >= 11 is 0. The smallest absolute Gasteiger partial charge is 0.414 e. The van der Waals surface area contributed by atoms with Crippen molar-refractivity contribution in [1.82, 2.24) is 14.8 Å². The molecule has 1 aromatic rings. The molecule has 1 aliphatic heterocycles. The van der Waals surface area contributed by atoms with E-state index in [2.05, 4.69) is 33.8 Å². The van der Waals surface area contributed by atoms with E-state index >= 15 is 0 Å². The van der Waals surface area contributed by atoms with Gasteiger partial charge in [-0.25, -0.2) is 9.59 Å². The van der Waals surface area contributed by atoms with Gasteiger partial charge in [0.2, 0.25) is 0 Å². The number of rotatable bonds is 3. The minimum absolute atomic E-state index is 0.863. The third kappa shape index (κ3) is 6.72. The molecule has 26 heavy (non-hydrogen) atoms. The van der Waals surface area contributed by atoms with E-state index in [0.29, 0.717) is 0 Å². The lowest BCUT2D eigenvalue weighted by molar-refractivity contribution is -0.159. The molecule has 2 heterocycles. The van der Waals surface area contributed by atoms with Crippen molar-refractivity contribution >= 4 is 11.9 Å². The normalized spacial score (nSPS) is 24.3. The summed E-state index contributed by atoms with van der Waals surface area (Å²) < 4.78 is 0. The number of aromatic nitrogens is 1. The largest absolute Gasteiger partial charge is 0.473 e. The highest BCUT2D eigenvalue weighted by molar-refractivity contribution is 6.27. The molecular formula is C19H29N3O4. The molecule has 0 aromatic carbocycles. The number of carbonyl (C=O) groups is 2. The molecule has 2 atom stereocenters. The summed E-state index contributed by atoms with van der Waals surface area (Å²) in [6, 6.07) is 5.13. The molecule has 1 aromatic heterocycles. The number of piperazine rings is 1. The average molecular weight is 363 g/mol. The van der Waals surface area contributed by atoms with E-state index < -0.39 is 11.9 Å². The van der Waals surface area contributed by atoms with Gasteiger partial charge in [-0.15, -0.1) is 0 Å². The Labute approximate surface area is 154 Å². The Bertz CT molecular complexity index is 561. The van der Waals surface area contributed by atoms with Crippen LogP contribution in [0.15, 0.2) is 24.5 Å². The second-order valence-electron chi connectivity index (χ2n) is 7.20. The van der Waals surface area contributed by atoms with Crippen LogP contribution in [0.2, 0.25) is 0 Å². The summed E-state index contributed by atoms with van der Waals surface area (Å²) in [5.74, 6) is -2.71. The monoisotopic (exact) mass is 363 g/mol. The fraction of sp³-hybridized carbons (Fsp3) is 0.632. The van der Waals surface area contributed by atoms with Crippen LogP contribution in [-0.4, -0.2) is 69.2 Å². The molecule has 7 nitrogen and oxygen atoms in total. The molecule has 0 radical (unpaired) electrons. The first-order valence-electron chi connectivity index (χ1n) is 9.27. The minimum atomic E-state index is -1.82. The molecule has 1 saturated heterocycles. The Kier molecular flexibility index (Phi) is 8.00. The Morgan fingerprint density at radius 1 is 1.08 bits per heavy atom. The number of aliphatic carboxylic acids is 2. The third-order valence-corrected chi connectivity index (χ3v) is 5.17. The van der Waals surface area contributed by atoms with E-state index in [-0.39, 0.29) is 0 Å². The van der Waals surface area contributed by atoms with Gasteiger partial charge in [0.05, 0.1) is 0 Å². The van der Waals surface area contributed by atoms with E-state index in [9.17, 15) is 0 Å². The van der Waals surface area contributed by atoms with Gasteiger partial charge in [-0.3, -0.25) is 14.8 Å². The van der Waals surface area contributed by atoms with Crippen LogP contribution in [0.4, 0.5) is 0 Å². The number of carboxylic acid groups (broad SMARTS) is 2. The lowest BCUT2D eigenvalue weighted by Crippen LogP contribution is -2.50. The van der Waals surface area contributed by atoms with Crippen molar-refractivity contribution in [1.29, 1.82) is 0 Å². The quantitative estimate of drug-likeness (QED) is 0.793. The maximum absolute atomic E-state index is 9.10. The molecule has 2 aliphatic rings. The molecule has 0 bridgehead atoms. The highest BCUT2D eigenvalue weighted by Gasteiger charge is 2.27. The Balaban J connectivity index is 0.000000352. The summed E-state index contributed by atoms with van der Waals surface area (Å²) in [6.45, 7) is 8.44. The van der Waals surface area contributed by atoms with Crippen LogP contribution in [0, 0.1) is 5.92 Å². The maximum atomic E-state index is 9.10. The number of hydrogen-bond donors (Lipinski definition) is 2. The van der Waals surface area contributed by atoms with Gasteiger partial charge in [0.25, 0.3) is 0 Å². The molecule has 7 heteroatoms. The van der Waals surface area contributed by atoms with Gasteiger partial charge in [0, 0.05) is 51.2 Å². The molecule has 3 rings (SSSR count).